The number of H-pyrrole nitrogens is 2. The lowest BCUT2D eigenvalue weighted by atomic mass is 9.76. The molecule has 0 spiro atoms. The Labute approximate surface area is 255 Å². The summed E-state index contributed by atoms with van der Waals surface area (Å²) in [5.74, 6) is 0.0124. The molecular weight excluding hydrogens is 576 g/mol. The molecule has 1 amide bonds. The Hall–Kier alpha value is -2.27. The van der Waals surface area contributed by atoms with Crippen molar-refractivity contribution in [1.82, 2.24) is 25.3 Å². The van der Waals surface area contributed by atoms with Crippen LogP contribution < -0.4 is 11.1 Å². The number of nitrogens with zero attached hydrogens (tertiary/aromatic N) is 2. The van der Waals surface area contributed by atoms with Gasteiger partial charge in [0.25, 0.3) is 11.1 Å². The van der Waals surface area contributed by atoms with Crippen molar-refractivity contribution in [2.45, 2.75) is 110 Å². The molecule has 2 aliphatic carbocycles. The van der Waals surface area contributed by atoms with Crippen molar-refractivity contribution in [2.24, 2.45) is 11.1 Å². The first-order chi connectivity index (χ1) is 19.5. The van der Waals surface area contributed by atoms with Crippen LogP contribution in [-0.2, 0) is 0 Å². The molecule has 4 heterocycles. The fourth-order valence-electron chi connectivity index (χ4n) is 5.36. The largest absolute Gasteiger partial charge is 0.348 e. The van der Waals surface area contributed by atoms with Crippen LogP contribution in [0.4, 0.5) is 0 Å². The minimum absolute atomic E-state index is 0.0124. The van der Waals surface area contributed by atoms with Crippen molar-refractivity contribution in [1.29, 1.82) is 0 Å². The van der Waals surface area contributed by atoms with Gasteiger partial charge in [-0.25, -0.2) is 9.97 Å². The van der Waals surface area contributed by atoms with Gasteiger partial charge in [-0.05, 0) is 81.5 Å². The number of aromatic amines is 2. The van der Waals surface area contributed by atoms with Crippen molar-refractivity contribution < 1.29 is 9.59 Å². The van der Waals surface area contributed by atoms with Crippen LogP contribution in [0.15, 0.2) is 12.1 Å². The average molecular weight is 619 g/mol. The van der Waals surface area contributed by atoms with Crippen molar-refractivity contribution in [3.8, 4) is 0 Å². The fourth-order valence-corrected chi connectivity index (χ4v) is 7.12. The van der Waals surface area contributed by atoms with E-state index in [-0.39, 0.29) is 5.91 Å². The van der Waals surface area contributed by atoms with E-state index >= 15 is 0 Å². The number of carbonyl (C=O) groups is 2. The number of amides is 1. The SMILES string of the molecule is CC1(C)CCC(N)CC1.Cc1nc2[nH]c(C(=O)Cl)cc2s1.Cc1nc2[nH]c(C(=O)NC3CCCCCCC3)cc2s1. The Morgan fingerprint density at radius 2 is 1.37 bits per heavy atom. The molecule has 2 fully saturated rings. The lowest BCUT2D eigenvalue weighted by molar-refractivity contribution is 0.0925. The quantitative estimate of drug-likeness (QED) is 0.173. The number of nitrogens with one attached hydrogen (secondary N) is 3. The molecule has 224 valence electrons. The predicted molar refractivity (Wildman–Crippen MR) is 171 cm³/mol. The zero-order chi connectivity index (χ0) is 29.6. The highest BCUT2D eigenvalue weighted by molar-refractivity contribution is 7.18. The monoisotopic (exact) mass is 618 g/mol. The average Bonchev–Trinajstić information content (AvgIpc) is 3.63. The Balaban J connectivity index is 0.000000156. The third-order valence-electron chi connectivity index (χ3n) is 7.86. The minimum Gasteiger partial charge on any atom is -0.348 e. The Kier molecular flexibility index (Phi) is 11.0. The number of halogens is 1. The summed E-state index contributed by atoms with van der Waals surface area (Å²) in [6.45, 7) is 8.56. The zero-order valence-corrected chi connectivity index (χ0v) is 27.0. The van der Waals surface area contributed by atoms with Gasteiger partial charge in [0.2, 0.25) is 0 Å². The molecule has 8 nitrogen and oxygen atoms in total. The molecule has 4 aromatic rings. The fraction of sp³-hybridized carbons (Fsp3) is 0.600. The Morgan fingerprint density at radius 1 is 0.878 bits per heavy atom. The molecule has 0 bridgehead atoms. The topological polar surface area (TPSA) is 130 Å². The maximum atomic E-state index is 12.3. The van der Waals surface area contributed by atoms with Gasteiger partial charge in [0, 0.05) is 12.1 Å². The van der Waals surface area contributed by atoms with E-state index in [1.807, 2.05) is 19.9 Å². The molecule has 41 heavy (non-hydrogen) atoms. The van der Waals surface area contributed by atoms with Crippen LogP contribution >= 0.6 is 34.3 Å². The highest BCUT2D eigenvalue weighted by Gasteiger charge is 2.24. The van der Waals surface area contributed by atoms with Gasteiger partial charge in [-0.2, -0.15) is 0 Å². The molecular formula is C30H43ClN6O2S2. The van der Waals surface area contributed by atoms with Crippen LogP contribution in [0.5, 0.6) is 0 Å². The number of hydrogen-bond acceptors (Lipinski definition) is 7. The number of thiazole rings is 2. The summed E-state index contributed by atoms with van der Waals surface area (Å²) in [5, 5.41) is 4.70. The van der Waals surface area contributed by atoms with Crippen LogP contribution in [-0.4, -0.2) is 43.2 Å². The Morgan fingerprint density at radius 3 is 1.85 bits per heavy atom. The third-order valence-corrected chi connectivity index (χ3v) is 9.90. The van der Waals surface area contributed by atoms with Crippen LogP contribution in [0.1, 0.15) is 115 Å². The van der Waals surface area contributed by atoms with E-state index in [2.05, 4.69) is 39.1 Å². The van der Waals surface area contributed by atoms with Crippen LogP contribution in [0, 0.1) is 19.3 Å². The number of aromatic nitrogens is 4. The second-order valence-electron chi connectivity index (χ2n) is 12.0. The summed E-state index contributed by atoms with van der Waals surface area (Å²) in [7, 11) is 0. The van der Waals surface area contributed by atoms with Crippen molar-refractivity contribution in [3.05, 3.63) is 33.5 Å². The van der Waals surface area contributed by atoms with E-state index in [4.69, 9.17) is 17.3 Å². The van der Waals surface area contributed by atoms with Crippen molar-refractivity contribution in [2.75, 3.05) is 0 Å². The maximum Gasteiger partial charge on any atom is 0.268 e. The molecule has 0 atom stereocenters. The number of nitrogens with two attached hydrogens (primary N) is 1. The lowest BCUT2D eigenvalue weighted by Gasteiger charge is -2.32. The zero-order valence-electron chi connectivity index (χ0n) is 24.6. The van der Waals surface area contributed by atoms with Gasteiger partial charge in [-0.3, -0.25) is 9.59 Å². The first-order valence-corrected chi connectivity index (χ1v) is 16.7. The minimum atomic E-state index is -0.474. The second kappa shape index (κ2) is 14.3. The normalized spacial score (nSPS) is 18.1. The van der Waals surface area contributed by atoms with E-state index in [1.54, 1.807) is 17.4 Å². The van der Waals surface area contributed by atoms with Gasteiger partial charge in [-0.15, -0.1) is 22.7 Å². The molecule has 11 heteroatoms. The van der Waals surface area contributed by atoms with E-state index in [0.717, 1.165) is 43.6 Å². The lowest BCUT2D eigenvalue weighted by Crippen LogP contribution is -2.35. The predicted octanol–water partition coefficient (Wildman–Crippen LogP) is 8.00. The van der Waals surface area contributed by atoms with Gasteiger partial charge in [-0.1, -0.05) is 46.0 Å². The molecule has 2 saturated carbocycles. The molecule has 0 radical (unpaired) electrons. The number of fused-ring (bicyclic) bond motifs is 2. The van der Waals surface area contributed by atoms with Gasteiger partial charge < -0.3 is 21.0 Å². The summed E-state index contributed by atoms with van der Waals surface area (Å²) in [6.07, 6.45) is 13.7. The van der Waals surface area contributed by atoms with E-state index in [0.29, 0.717) is 28.9 Å². The highest BCUT2D eigenvalue weighted by atomic mass is 35.5. The molecule has 2 aliphatic rings. The summed E-state index contributed by atoms with van der Waals surface area (Å²) in [4.78, 5) is 37.5. The van der Waals surface area contributed by atoms with Crippen molar-refractivity contribution in [3.63, 3.8) is 0 Å². The summed E-state index contributed by atoms with van der Waals surface area (Å²) in [6, 6.07) is 4.46. The standard InChI is InChI=1S/C15H21N3OS.C8H17N.C7H5ClN2OS/c1-10-16-14-13(20-10)9-12(18-14)15(19)17-11-7-5-3-2-4-6-8-11;1-8(2)5-3-7(9)4-6-8;1-3-9-7-5(12-3)2-4(10-7)6(8)11/h9,11,18H,2-8H2,1H3,(H,17,19);7H,3-6,9H2,1-2H3;2,10H,1H3. The highest BCUT2D eigenvalue weighted by Crippen LogP contribution is 2.34. The van der Waals surface area contributed by atoms with Gasteiger partial charge >= 0.3 is 0 Å². The summed E-state index contributed by atoms with van der Waals surface area (Å²) >= 11 is 8.44. The number of hydrogen-bond donors (Lipinski definition) is 4. The first kappa shape index (κ1) is 31.7. The molecule has 6 rings (SSSR count). The van der Waals surface area contributed by atoms with E-state index in [9.17, 15) is 9.59 Å². The molecule has 0 aliphatic heterocycles. The number of carbonyl (C=O) groups excluding carboxylic acids is 2. The molecule has 5 N–H and O–H groups in total. The van der Waals surface area contributed by atoms with Crippen molar-refractivity contribution >= 4 is 66.1 Å². The summed E-state index contributed by atoms with van der Waals surface area (Å²) < 4.78 is 2.03. The second-order valence-corrected chi connectivity index (χ2v) is 14.9. The molecule has 4 aromatic heterocycles. The summed E-state index contributed by atoms with van der Waals surface area (Å²) in [5.41, 5.74) is 8.95. The third kappa shape index (κ3) is 9.36. The first-order valence-electron chi connectivity index (χ1n) is 14.7. The number of aryl methyl sites for hydroxylation is 2. The molecule has 0 aromatic carbocycles. The number of rotatable bonds is 3. The van der Waals surface area contributed by atoms with E-state index < -0.39 is 5.24 Å². The molecule has 0 saturated heterocycles. The van der Waals surface area contributed by atoms with Gasteiger partial charge in [0.15, 0.2) is 0 Å². The molecule has 0 unspecified atom stereocenters. The van der Waals surface area contributed by atoms with E-state index in [1.165, 1.54) is 69.1 Å². The Bertz CT molecular complexity index is 1370. The van der Waals surface area contributed by atoms with Crippen LogP contribution in [0.2, 0.25) is 0 Å². The maximum absolute atomic E-state index is 12.3. The smallest absolute Gasteiger partial charge is 0.268 e. The van der Waals surface area contributed by atoms with Gasteiger partial charge in [0.05, 0.1) is 19.4 Å². The van der Waals surface area contributed by atoms with Crippen LogP contribution in [0.3, 0.4) is 0 Å². The van der Waals surface area contributed by atoms with Crippen LogP contribution in [0.25, 0.3) is 20.7 Å². The van der Waals surface area contributed by atoms with Gasteiger partial charge in [0.1, 0.15) is 22.7 Å².